The number of ether oxygens (including phenoxy) is 1. The van der Waals surface area contributed by atoms with Crippen LogP contribution in [0.1, 0.15) is 53.1 Å². The molecular formula is C36H37BrF7N5O11P2. The number of carbonyl (C=O) groups is 4. The molecule has 0 aromatic heterocycles. The highest BCUT2D eigenvalue weighted by Gasteiger charge is 2.65. The third kappa shape index (κ3) is 12.0. The molecule has 0 spiro atoms. The van der Waals surface area contributed by atoms with Crippen molar-refractivity contribution in [1.29, 1.82) is 0 Å². The van der Waals surface area contributed by atoms with Gasteiger partial charge < -0.3 is 40.3 Å². The van der Waals surface area contributed by atoms with Gasteiger partial charge in [-0.15, -0.1) is 10.2 Å². The molecule has 0 saturated heterocycles. The lowest BCUT2D eigenvalue weighted by molar-refractivity contribution is -0.166. The van der Waals surface area contributed by atoms with E-state index in [-0.39, 0.29) is 46.1 Å². The molecule has 338 valence electrons. The fourth-order valence-corrected chi connectivity index (χ4v) is 7.38. The van der Waals surface area contributed by atoms with Crippen LogP contribution in [0.3, 0.4) is 0 Å². The van der Waals surface area contributed by atoms with Gasteiger partial charge in [-0.3, -0.25) is 28.3 Å². The lowest BCUT2D eigenvalue weighted by Gasteiger charge is -2.26. The van der Waals surface area contributed by atoms with E-state index in [2.05, 4.69) is 46.8 Å². The number of methoxy groups -OCH3 is 1. The number of nitrogens with zero attached hydrogens (tertiary/aromatic N) is 2. The third-order valence-corrected chi connectivity index (χ3v) is 11.9. The fraction of sp³-hybridized carbons (Fsp3) is 0.389. The molecule has 3 aromatic carbocycles. The molecule has 0 aliphatic carbocycles. The zero-order valence-electron chi connectivity index (χ0n) is 32.1. The largest absolute Gasteiger partial charge is 0.469 e. The summed E-state index contributed by atoms with van der Waals surface area (Å²) in [4.78, 5) is 89.1. The van der Waals surface area contributed by atoms with Crippen molar-refractivity contribution in [3.05, 3.63) is 105 Å². The molecule has 3 aromatic rings. The van der Waals surface area contributed by atoms with Gasteiger partial charge in [-0.2, -0.15) is 30.7 Å². The van der Waals surface area contributed by atoms with Crippen LogP contribution in [-0.4, -0.2) is 74.6 Å². The molecular weight excluding hydrogens is 953 g/mol. The molecule has 2 amide bonds. The van der Waals surface area contributed by atoms with E-state index < -0.39 is 104 Å². The molecule has 0 bridgehead atoms. The first-order valence-electron chi connectivity index (χ1n) is 17.8. The summed E-state index contributed by atoms with van der Waals surface area (Å²) in [7, 11) is -10.8. The molecule has 1 heterocycles. The van der Waals surface area contributed by atoms with Crippen molar-refractivity contribution in [2.24, 2.45) is 10.2 Å². The van der Waals surface area contributed by atoms with Crippen LogP contribution >= 0.6 is 31.1 Å². The zero-order chi connectivity index (χ0) is 46.6. The maximum Gasteiger partial charge on any atom is 0.442 e. The predicted octanol–water partition coefficient (Wildman–Crippen LogP) is 5.54. The molecule has 0 saturated carbocycles. The second-order valence-corrected chi connectivity index (χ2v) is 18.2. The quantitative estimate of drug-likeness (QED) is 0.0419. The number of benzene rings is 3. The van der Waals surface area contributed by atoms with E-state index in [4.69, 9.17) is 19.6 Å². The normalized spacial score (nSPS) is 15.6. The second-order valence-electron chi connectivity index (χ2n) is 14.0. The number of ketones is 1. The van der Waals surface area contributed by atoms with E-state index in [0.29, 0.717) is 24.3 Å². The van der Waals surface area contributed by atoms with Crippen LogP contribution in [0.15, 0.2) is 81.4 Å². The van der Waals surface area contributed by atoms with Crippen LogP contribution < -0.4 is 16.0 Å². The third-order valence-electron chi connectivity index (χ3n) is 9.44. The van der Waals surface area contributed by atoms with Crippen molar-refractivity contribution in [2.75, 3.05) is 7.11 Å². The highest BCUT2D eigenvalue weighted by molar-refractivity contribution is 9.10. The van der Waals surface area contributed by atoms with Crippen molar-refractivity contribution >= 4 is 54.7 Å². The average molecular weight is 991 g/mol. The van der Waals surface area contributed by atoms with Gasteiger partial charge in [0.05, 0.1) is 19.2 Å². The molecule has 26 heteroatoms. The topological polar surface area (TPSA) is 253 Å². The molecule has 3 atom stereocenters. The van der Waals surface area contributed by atoms with Gasteiger partial charge in [0.2, 0.25) is 11.8 Å². The van der Waals surface area contributed by atoms with E-state index in [9.17, 15) is 59.0 Å². The number of alkyl halides is 7. The highest BCUT2D eigenvalue weighted by Crippen LogP contribution is 2.60. The summed E-state index contributed by atoms with van der Waals surface area (Å²) >= 11 is 3.14. The van der Waals surface area contributed by atoms with Crippen molar-refractivity contribution in [3.8, 4) is 0 Å². The number of rotatable bonds is 20. The predicted molar refractivity (Wildman–Crippen MR) is 205 cm³/mol. The van der Waals surface area contributed by atoms with Gasteiger partial charge in [-0.05, 0) is 54.7 Å². The number of halogens is 8. The number of hydrogen-bond acceptors (Lipinski definition) is 10. The number of carbonyl (C=O) groups excluding carboxylic acids is 4. The van der Waals surface area contributed by atoms with E-state index in [0.717, 1.165) is 50.4 Å². The number of hydrogen-bond donors (Lipinski definition) is 7. The Bertz CT molecular complexity index is 2290. The first-order valence-corrected chi connectivity index (χ1v) is 21.8. The van der Waals surface area contributed by atoms with Crippen molar-refractivity contribution in [2.45, 2.75) is 80.4 Å². The summed E-state index contributed by atoms with van der Waals surface area (Å²) in [5.74, 6) is -3.54. The minimum Gasteiger partial charge on any atom is -0.469 e. The smallest absolute Gasteiger partial charge is 0.442 e. The van der Waals surface area contributed by atoms with Gasteiger partial charge >= 0.3 is 44.3 Å². The summed E-state index contributed by atoms with van der Waals surface area (Å²) in [5, 5.41) is 14.0. The van der Waals surface area contributed by atoms with E-state index in [1.165, 1.54) is 6.07 Å². The molecule has 7 N–H and O–H groups in total. The van der Waals surface area contributed by atoms with Crippen LogP contribution in [0.4, 0.5) is 30.7 Å². The number of esters is 1. The van der Waals surface area contributed by atoms with Crippen molar-refractivity contribution < 1.29 is 83.4 Å². The Morgan fingerprint density at radius 3 is 1.60 bits per heavy atom. The van der Waals surface area contributed by atoms with Gasteiger partial charge in [0.15, 0.2) is 5.78 Å². The van der Waals surface area contributed by atoms with Gasteiger partial charge in [0.25, 0.3) is 0 Å². The number of Topliss-reactive ketones (excluding diaryl/α,β-unsaturated/α-hetero) is 1. The van der Waals surface area contributed by atoms with E-state index in [1.807, 2.05) is 0 Å². The zero-order valence-corrected chi connectivity index (χ0v) is 35.5. The molecule has 1 aliphatic rings. The monoisotopic (exact) mass is 989 g/mol. The van der Waals surface area contributed by atoms with Crippen LogP contribution in [0, 0.1) is 0 Å². The van der Waals surface area contributed by atoms with Crippen molar-refractivity contribution in [1.82, 2.24) is 16.0 Å². The Morgan fingerprint density at radius 2 is 1.18 bits per heavy atom. The minimum absolute atomic E-state index is 0.0342. The van der Waals surface area contributed by atoms with Crippen LogP contribution in [0.25, 0.3) is 0 Å². The summed E-state index contributed by atoms with van der Waals surface area (Å²) in [6.07, 6.45) is -6.47. The van der Waals surface area contributed by atoms with Gasteiger partial charge in [-0.1, -0.05) is 64.5 Å². The van der Waals surface area contributed by atoms with Crippen LogP contribution in [-0.2, 0) is 69.4 Å². The molecule has 62 heavy (non-hydrogen) atoms. The van der Waals surface area contributed by atoms with Crippen LogP contribution in [0.5, 0.6) is 0 Å². The Morgan fingerprint density at radius 1 is 0.726 bits per heavy atom. The molecule has 0 unspecified atom stereocenters. The summed E-state index contributed by atoms with van der Waals surface area (Å²) in [6.45, 7) is 0.744. The van der Waals surface area contributed by atoms with Gasteiger partial charge in [-0.25, -0.2) is 0 Å². The number of amides is 2. The molecule has 0 fully saturated rings. The maximum absolute atomic E-state index is 14.4. The summed E-state index contributed by atoms with van der Waals surface area (Å²) in [6, 6.07) is 5.96. The Balaban J connectivity index is 1.63. The van der Waals surface area contributed by atoms with E-state index in [1.54, 1.807) is 0 Å². The standard InChI is InChI=1S/C36H37BrF7N5O11P2/c1-19(50)28(15-20-3-7-23(8-4-20)34(38,39)61(54,55)56)46-32(53)29(16-21-5-9-24(10-6-21)35(40,41)62(57,58)59)47-31(52)27(11-12-30(51)60-2)45-18-22-13-25(17-26(37)14-22)33(48-49-33)36(42,43)44/h3-10,13-14,17,27-29,45H,11-12,15-16,18H2,1-2H3,(H,46,53)(H,47,52)(H2,54,55,56)(H2,57,58,59)/t27-,28-,29-/m0/s1. The van der Waals surface area contributed by atoms with E-state index >= 15 is 0 Å². The maximum atomic E-state index is 14.4. The lowest BCUT2D eigenvalue weighted by atomic mass is 9.99. The molecule has 1 aliphatic heterocycles. The Hall–Kier alpha value is -4.41. The molecule has 0 radical (unpaired) electrons. The highest BCUT2D eigenvalue weighted by atomic mass is 79.9. The fourth-order valence-electron chi connectivity index (χ4n) is 5.87. The van der Waals surface area contributed by atoms with Crippen LogP contribution in [0.2, 0.25) is 0 Å². The van der Waals surface area contributed by atoms with Gasteiger partial charge in [0, 0.05) is 40.5 Å². The second kappa shape index (κ2) is 19.1. The van der Waals surface area contributed by atoms with Gasteiger partial charge in [0.1, 0.15) is 6.04 Å². The summed E-state index contributed by atoms with van der Waals surface area (Å²) < 4.78 is 126. The first kappa shape index (κ1) is 50.2. The van der Waals surface area contributed by atoms with Crippen molar-refractivity contribution in [3.63, 3.8) is 0 Å². The number of nitrogens with one attached hydrogen (secondary N) is 3. The minimum atomic E-state index is -5.98. The molecule has 4 rings (SSSR count). The molecule has 16 nitrogen and oxygen atoms in total. The first-order chi connectivity index (χ1) is 28.5. The lowest BCUT2D eigenvalue weighted by Crippen LogP contribution is -2.56. The average Bonchev–Trinajstić information content (AvgIpc) is 4.00. The Labute approximate surface area is 355 Å². The Kier molecular flexibility index (Phi) is 15.5. The summed E-state index contributed by atoms with van der Waals surface area (Å²) in [5.41, 5.74) is -14.1. The SMILES string of the molecule is COC(=O)CC[C@H](NCc1cc(Br)cc(C2(C(F)(F)F)N=N2)c1)C(=O)N[C@@H](Cc1ccc(C(F)(F)P(=O)(O)O)cc1)C(=O)N[C@@H](Cc1ccc(C(F)(F)P(=O)(O)O)cc1)C(C)=O.